The smallest absolute Gasteiger partial charge is 0.387 e. The second kappa shape index (κ2) is 65.2. The SMILES string of the molecule is CCCCCCCCCCCCCCCC/C=C/CC/C=C/CC/C=C/C(O)C(COP(=O)(O)OCC[N+](C)(C)C)NC(=O)CCCCCCCCCCCCCCCCCCCCCCCCCCCCCCCCCCCCCCC. The van der Waals surface area contributed by atoms with Crippen molar-refractivity contribution in [3.63, 3.8) is 0 Å². The van der Waals surface area contributed by atoms with Crippen LogP contribution in [-0.4, -0.2) is 73.4 Å². The molecule has 0 heterocycles. The molecule has 0 saturated heterocycles. The zero-order valence-electron chi connectivity index (χ0n) is 56.5. The summed E-state index contributed by atoms with van der Waals surface area (Å²) in [5.41, 5.74) is 0. The number of unbranched alkanes of at least 4 members (excludes halogenated alkanes) is 52. The van der Waals surface area contributed by atoms with Crippen LogP contribution in [0.5, 0.6) is 0 Å². The van der Waals surface area contributed by atoms with E-state index in [0.29, 0.717) is 17.4 Å². The summed E-state index contributed by atoms with van der Waals surface area (Å²) in [6, 6.07) is -0.870. The Balaban J connectivity index is 3.99. The molecule has 0 aromatic rings. The van der Waals surface area contributed by atoms with Crippen molar-refractivity contribution >= 4 is 13.7 Å². The second-order valence-electron chi connectivity index (χ2n) is 26.7. The molecule has 0 aromatic heterocycles. The first-order valence-electron chi connectivity index (χ1n) is 36.9. The minimum absolute atomic E-state index is 0.0554. The number of rotatable bonds is 69. The third-order valence-electron chi connectivity index (χ3n) is 17.1. The number of phosphoric ester groups is 1. The van der Waals surface area contributed by atoms with Crippen molar-refractivity contribution in [2.45, 2.75) is 392 Å². The van der Waals surface area contributed by atoms with Crippen molar-refractivity contribution in [2.24, 2.45) is 0 Å². The fourth-order valence-electron chi connectivity index (χ4n) is 11.4. The van der Waals surface area contributed by atoms with E-state index in [1.165, 1.54) is 315 Å². The number of quaternary nitrogens is 1. The molecule has 3 atom stereocenters. The van der Waals surface area contributed by atoms with Crippen LogP contribution < -0.4 is 5.32 Å². The largest absolute Gasteiger partial charge is 0.472 e. The Hall–Kier alpha value is -1.28. The molecule has 492 valence electrons. The molecule has 0 aliphatic carbocycles. The molecule has 0 saturated carbocycles. The number of carbonyl (C=O) groups is 1. The Labute approximate surface area is 518 Å². The highest BCUT2D eigenvalue weighted by atomic mass is 31.2. The van der Waals surface area contributed by atoms with Crippen LogP contribution in [0.15, 0.2) is 36.5 Å². The van der Waals surface area contributed by atoms with Gasteiger partial charge in [-0.15, -0.1) is 0 Å². The van der Waals surface area contributed by atoms with E-state index < -0.39 is 20.0 Å². The zero-order valence-corrected chi connectivity index (χ0v) is 57.4. The summed E-state index contributed by atoms with van der Waals surface area (Å²) in [6.07, 6.45) is 87.6. The van der Waals surface area contributed by atoms with Gasteiger partial charge < -0.3 is 19.8 Å². The Morgan fingerprint density at radius 1 is 0.398 bits per heavy atom. The molecule has 0 aliphatic heterocycles. The monoisotopic (exact) mass is 1190 g/mol. The molecule has 8 nitrogen and oxygen atoms in total. The number of phosphoric acid groups is 1. The number of aliphatic hydroxyl groups is 1. The lowest BCUT2D eigenvalue weighted by molar-refractivity contribution is -0.870. The first kappa shape index (κ1) is 81.7. The number of likely N-dealkylation sites (N-methyl/N-ethyl adjacent to an activating group) is 1. The summed E-state index contributed by atoms with van der Waals surface area (Å²) in [7, 11) is 1.56. The van der Waals surface area contributed by atoms with Crippen molar-refractivity contribution in [2.75, 3.05) is 40.9 Å². The number of allylic oxidation sites excluding steroid dienone is 5. The summed E-state index contributed by atoms with van der Waals surface area (Å²) in [5, 5.41) is 14.0. The number of hydrogen-bond acceptors (Lipinski definition) is 5. The molecule has 9 heteroatoms. The van der Waals surface area contributed by atoms with Crippen LogP contribution in [0, 0.1) is 0 Å². The number of nitrogens with zero attached hydrogens (tertiary/aromatic N) is 1. The van der Waals surface area contributed by atoms with Gasteiger partial charge in [-0.2, -0.15) is 0 Å². The minimum Gasteiger partial charge on any atom is -0.387 e. The van der Waals surface area contributed by atoms with Gasteiger partial charge in [0, 0.05) is 6.42 Å². The van der Waals surface area contributed by atoms with Crippen LogP contribution in [0.1, 0.15) is 380 Å². The van der Waals surface area contributed by atoms with Gasteiger partial charge in [-0.1, -0.05) is 365 Å². The number of amides is 1. The predicted octanol–water partition coefficient (Wildman–Crippen LogP) is 23.6. The third-order valence-corrected chi connectivity index (χ3v) is 18.1. The maximum atomic E-state index is 13.1. The third kappa shape index (κ3) is 68.1. The lowest BCUT2D eigenvalue weighted by Crippen LogP contribution is -2.45. The van der Waals surface area contributed by atoms with Crippen LogP contribution in [0.2, 0.25) is 0 Å². The quantitative estimate of drug-likeness (QED) is 0.0243. The molecule has 0 bridgehead atoms. The van der Waals surface area contributed by atoms with Crippen LogP contribution in [0.3, 0.4) is 0 Å². The summed E-state index contributed by atoms with van der Waals surface area (Å²) in [4.78, 5) is 23.4. The molecule has 3 unspecified atom stereocenters. The van der Waals surface area contributed by atoms with E-state index in [9.17, 15) is 19.4 Å². The average Bonchev–Trinajstić information content (AvgIpc) is 3.50. The van der Waals surface area contributed by atoms with Gasteiger partial charge in [-0.3, -0.25) is 13.8 Å². The van der Waals surface area contributed by atoms with Gasteiger partial charge in [-0.05, 0) is 44.9 Å². The summed E-state index contributed by atoms with van der Waals surface area (Å²) >= 11 is 0. The maximum absolute atomic E-state index is 13.1. The van der Waals surface area contributed by atoms with E-state index in [2.05, 4.69) is 43.5 Å². The van der Waals surface area contributed by atoms with E-state index >= 15 is 0 Å². The Morgan fingerprint density at radius 3 is 0.964 bits per heavy atom. The van der Waals surface area contributed by atoms with Crippen molar-refractivity contribution < 1.29 is 32.9 Å². The van der Waals surface area contributed by atoms with Crippen molar-refractivity contribution in [3.8, 4) is 0 Å². The van der Waals surface area contributed by atoms with Crippen LogP contribution in [0.25, 0.3) is 0 Å². The Morgan fingerprint density at radius 2 is 0.663 bits per heavy atom. The Bertz CT molecular complexity index is 1450. The van der Waals surface area contributed by atoms with E-state index in [1.807, 2.05) is 27.2 Å². The predicted molar refractivity (Wildman–Crippen MR) is 365 cm³/mol. The summed E-state index contributed by atoms with van der Waals surface area (Å²) in [6.45, 7) is 4.85. The highest BCUT2D eigenvalue weighted by Crippen LogP contribution is 2.43. The van der Waals surface area contributed by atoms with Crippen molar-refractivity contribution in [1.82, 2.24) is 5.32 Å². The van der Waals surface area contributed by atoms with Gasteiger partial charge in [0.2, 0.25) is 5.91 Å². The van der Waals surface area contributed by atoms with Crippen LogP contribution in [-0.2, 0) is 18.4 Å². The van der Waals surface area contributed by atoms with Gasteiger partial charge in [0.1, 0.15) is 13.2 Å². The van der Waals surface area contributed by atoms with E-state index in [0.717, 1.165) is 44.9 Å². The molecular weight excluding hydrogens is 1040 g/mol. The number of nitrogens with one attached hydrogen (secondary N) is 1. The van der Waals surface area contributed by atoms with Gasteiger partial charge in [-0.25, -0.2) is 4.57 Å². The van der Waals surface area contributed by atoms with Gasteiger partial charge in [0.05, 0.1) is 39.9 Å². The van der Waals surface area contributed by atoms with Crippen molar-refractivity contribution in [1.29, 1.82) is 0 Å². The zero-order chi connectivity index (χ0) is 60.5. The lowest BCUT2D eigenvalue weighted by atomic mass is 10.0. The molecule has 0 radical (unpaired) electrons. The van der Waals surface area contributed by atoms with E-state index in [1.54, 1.807) is 6.08 Å². The molecule has 0 spiro atoms. The van der Waals surface area contributed by atoms with Crippen LogP contribution in [0.4, 0.5) is 0 Å². The molecule has 0 rings (SSSR count). The first-order valence-corrected chi connectivity index (χ1v) is 38.4. The highest BCUT2D eigenvalue weighted by molar-refractivity contribution is 7.47. The van der Waals surface area contributed by atoms with E-state index in [-0.39, 0.29) is 19.1 Å². The van der Waals surface area contributed by atoms with Crippen molar-refractivity contribution in [3.05, 3.63) is 36.5 Å². The molecular formula is C74H146N2O6P+. The van der Waals surface area contributed by atoms with Gasteiger partial charge in [0.25, 0.3) is 0 Å². The van der Waals surface area contributed by atoms with E-state index in [4.69, 9.17) is 9.05 Å². The summed E-state index contributed by atoms with van der Waals surface area (Å²) < 4.78 is 23.8. The highest BCUT2D eigenvalue weighted by Gasteiger charge is 2.28. The molecule has 1 amide bonds. The Kier molecular flexibility index (Phi) is 64.2. The fraction of sp³-hybridized carbons (Fsp3) is 0.905. The second-order valence-corrected chi connectivity index (χ2v) is 28.1. The average molecular weight is 1190 g/mol. The lowest BCUT2D eigenvalue weighted by Gasteiger charge is -2.25. The molecule has 0 aromatic carbocycles. The maximum Gasteiger partial charge on any atom is 0.472 e. The first-order chi connectivity index (χ1) is 40.5. The van der Waals surface area contributed by atoms with Crippen LogP contribution >= 0.6 is 7.82 Å². The minimum atomic E-state index is -4.36. The fourth-order valence-corrected chi connectivity index (χ4v) is 12.1. The topological polar surface area (TPSA) is 105 Å². The standard InChI is InChI=1S/C74H145N2O6P/c1-6-8-10-12-14-16-18-20-22-24-26-28-30-32-33-34-35-36-37-38-39-40-41-42-43-44-46-48-50-52-54-56-58-60-62-64-66-68-74(78)75-72(71-82-83(79,80)81-70-69-76(3,4)5)73(77)67-65-63-61-59-57-55-53-51-49-47-45-31-29-27-25-23-21-19-17-15-13-11-9-7-2/h49,51,57,59,65,67,72-73,77H,6-48,50,52-56,58,60-64,66,68-71H2,1-5H3,(H-,75,78,79,80)/p+1/b51-49+,59-57+,67-65+. The molecule has 0 fully saturated rings. The number of carbonyl (C=O) groups excluding carboxylic acids is 1. The molecule has 83 heavy (non-hydrogen) atoms. The summed E-state index contributed by atoms with van der Waals surface area (Å²) in [5.74, 6) is -0.183. The normalized spacial score (nSPS) is 13.8. The van der Waals surface area contributed by atoms with Gasteiger partial charge >= 0.3 is 7.82 Å². The van der Waals surface area contributed by atoms with Gasteiger partial charge in [0.15, 0.2) is 0 Å². The molecule has 0 aliphatic rings. The number of aliphatic hydroxyl groups excluding tert-OH is 1. The molecule has 3 N–H and O–H groups in total. The number of hydrogen-bond donors (Lipinski definition) is 3.